The highest BCUT2D eigenvalue weighted by Crippen LogP contribution is 2.39. The molecule has 6 heteroatoms. The molecule has 0 aromatic heterocycles. The number of carboxylic acids is 1. The quantitative estimate of drug-likeness (QED) is 0.789. The SMILES string of the molecule is COc1ccc([C@@H]2CCCN2C(=O)CCc2ccc(C(=O)O)cc2)c(OC)c1. The highest BCUT2D eigenvalue weighted by molar-refractivity contribution is 5.87. The minimum atomic E-state index is -0.948. The van der Waals surface area contributed by atoms with Crippen molar-refractivity contribution in [2.24, 2.45) is 0 Å². The second-order valence-electron chi connectivity index (χ2n) is 6.86. The molecule has 2 aromatic rings. The van der Waals surface area contributed by atoms with Gasteiger partial charge >= 0.3 is 5.97 Å². The van der Waals surface area contributed by atoms with Gasteiger partial charge in [0.15, 0.2) is 0 Å². The molecule has 1 aliphatic heterocycles. The average molecular weight is 383 g/mol. The van der Waals surface area contributed by atoms with Gasteiger partial charge in [-0.05, 0) is 49.1 Å². The van der Waals surface area contributed by atoms with Crippen molar-refractivity contribution in [1.82, 2.24) is 4.90 Å². The Bertz CT molecular complexity index is 847. The predicted octanol–water partition coefficient (Wildman–Crippen LogP) is 3.70. The zero-order valence-corrected chi connectivity index (χ0v) is 16.2. The van der Waals surface area contributed by atoms with Gasteiger partial charge in [0.05, 0.1) is 25.8 Å². The number of hydrogen-bond acceptors (Lipinski definition) is 4. The van der Waals surface area contributed by atoms with Gasteiger partial charge in [-0.15, -0.1) is 0 Å². The molecule has 1 atom stereocenters. The number of carbonyl (C=O) groups excluding carboxylic acids is 1. The van der Waals surface area contributed by atoms with E-state index in [9.17, 15) is 9.59 Å². The third-order valence-electron chi connectivity index (χ3n) is 5.20. The largest absolute Gasteiger partial charge is 0.497 e. The van der Waals surface area contributed by atoms with Crippen LogP contribution < -0.4 is 9.47 Å². The minimum absolute atomic E-state index is 0.00254. The van der Waals surface area contributed by atoms with E-state index in [-0.39, 0.29) is 17.5 Å². The molecule has 1 aliphatic rings. The topological polar surface area (TPSA) is 76.1 Å². The predicted molar refractivity (Wildman–Crippen MR) is 105 cm³/mol. The van der Waals surface area contributed by atoms with Crippen LogP contribution >= 0.6 is 0 Å². The van der Waals surface area contributed by atoms with Crippen LogP contribution in [0.5, 0.6) is 11.5 Å². The summed E-state index contributed by atoms with van der Waals surface area (Å²) in [6, 6.07) is 12.4. The third-order valence-corrected chi connectivity index (χ3v) is 5.20. The molecular weight excluding hydrogens is 358 g/mol. The van der Waals surface area contributed by atoms with Crippen molar-refractivity contribution in [3.05, 3.63) is 59.2 Å². The van der Waals surface area contributed by atoms with E-state index in [1.807, 2.05) is 23.1 Å². The molecule has 1 saturated heterocycles. The summed E-state index contributed by atoms with van der Waals surface area (Å²) in [6.07, 6.45) is 2.84. The number of carbonyl (C=O) groups is 2. The Labute approximate surface area is 164 Å². The molecule has 0 unspecified atom stereocenters. The molecular formula is C22H25NO5. The lowest BCUT2D eigenvalue weighted by atomic mass is 10.0. The van der Waals surface area contributed by atoms with E-state index in [1.165, 1.54) is 0 Å². The van der Waals surface area contributed by atoms with Crippen molar-refractivity contribution < 1.29 is 24.2 Å². The molecule has 148 valence electrons. The molecule has 1 fully saturated rings. The first-order valence-corrected chi connectivity index (χ1v) is 9.37. The summed E-state index contributed by atoms with van der Waals surface area (Å²) in [6.45, 7) is 0.733. The molecule has 1 N–H and O–H groups in total. The van der Waals surface area contributed by atoms with Crippen LogP contribution in [0.25, 0.3) is 0 Å². The van der Waals surface area contributed by atoms with Crippen molar-refractivity contribution in [3.8, 4) is 11.5 Å². The van der Waals surface area contributed by atoms with E-state index in [2.05, 4.69) is 0 Å². The first kappa shape index (κ1) is 19.7. The highest BCUT2D eigenvalue weighted by Gasteiger charge is 2.31. The van der Waals surface area contributed by atoms with Gasteiger partial charge in [0.2, 0.25) is 5.91 Å². The van der Waals surface area contributed by atoms with Gasteiger partial charge in [-0.2, -0.15) is 0 Å². The Morgan fingerprint density at radius 2 is 1.86 bits per heavy atom. The number of amides is 1. The lowest BCUT2D eigenvalue weighted by molar-refractivity contribution is -0.132. The molecule has 6 nitrogen and oxygen atoms in total. The van der Waals surface area contributed by atoms with Gasteiger partial charge in [-0.25, -0.2) is 4.79 Å². The summed E-state index contributed by atoms with van der Waals surface area (Å²) < 4.78 is 10.8. The highest BCUT2D eigenvalue weighted by atomic mass is 16.5. The molecule has 0 aliphatic carbocycles. The lowest BCUT2D eigenvalue weighted by Gasteiger charge is -2.26. The van der Waals surface area contributed by atoms with Gasteiger partial charge in [0.1, 0.15) is 11.5 Å². The number of aryl methyl sites for hydroxylation is 1. The van der Waals surface area contributed by atoms with Crippen molar-refractivity contribution in [2.45, 2.75) is 31.7 Å². The van der Waals surface area contributed by atoms with Crippen LogP contribution in [0.15, 0.2) is 42.5 Å². The Balaban J connectivity index is 1.68. The molecule has 3 rings (SSSR count). The maximum absolute atomic E-state index is 12.9. The molecule has 0 spiro atoms. The van der Waals surface area contributed by atoms with Crippen LogP contribution in [-0.4, -0.2) is 42.6 Å². The second kappa shape index (κ2) is 8.78. The average Bonchev–Trinajstić information content (AvgIpc) is 3.21. The molecule has 28 heavy (non-hydrogen) atoms. The first-order chi connectivity index (χ1) is 13.5. The Morgan fingerprint density at radius 3 is 2.50 bits per heavy atom. The summed E-state index contributed by atoms with van der Waals surface area (Å²) in [5, 5.41) is 8.97. The Morgan fingerprint density at radius 1 is 1.11 bits per heavy atom. The number of carboxylic acid groups (broad SMARTS) is 1. The minimum Gasteiger partial charge on any atom is -0.497 e. The summed E-state index contributed by atoms with van der Waals surface area (Å²) in [4.78, 5) is 25.7. The molecule has 2 aromatic carbocycles. The van der Waals surface area contributed by atoms with Crippen LogP contribution in [0.2, 0.25) is 0 Å². The van der Waals surface area contributed by atoms with Crippen LogP contribution in [-0.2, 0) is 11.2 Å². The number of ether oxygens (including phenoxy) is 2. The second-order valence-corrected chi connectivity index (χ2v) is 6.86. The van der Waals surface area contributed by atoms with E-state index >= 15 is 0 Å². The van der Waals surface area contributed by atoms with Gasteiger partial charge in [0, 0.05) is 24.6 Å². The number of methoxy groups -OCH3 is 2. The normalized spacial score (nSPS) is 16.1. The maximum atomic E-state index is 12.9. The standard InChI is InChI=1S/C22H25NO5/c1-27-17-10-11-18(20(14-17)28-2)19-4-3-13-23(19)21(24)12-7-15-5-8-16(9-6-15)22(25)26/h5-6,8-11,14,19H,3-4,7,12-13H2,1-2H3,(H,25,26)/t19-/m0/s1. The monoisotopic (exact) mass is 383 g/mol. The van der Waals surface area contributed by atoms with Gasteiger partial charge in [-0.3, -0.25) is 4.79 Å². The van der Waals surface area contributed by atoms with E-state index < -0.39 is 5.97 Å². The van der Waals surface area contributed by atoms with E-state index in [0.29, 0.717) is 12.8 Å². The van der Waals surface area contributed by atoms with E-state index in [1.54, 1.807) is 38.5 Å². The number of rotatable bonds is 7. The lowest BCUT2D eigenvalue weighted by Crippen LogP contribution is -2.30. The van der Waals surface area contributed by atoms with Crippen molar-refractivity contribution >= 4 is 11.9 Å². The third kappa shape index (κ3) is 4.27. The van der Waals surface area contributed by atoms with Gasteiger partial charge in [0.25, 0.3) is 0 Å². The van der Waals surface area contributed by atoms with Crippen molar-refractivity contribution in [3.63, 3.8) is 0 Å². The summed E-state index contributed by atoms with van der Waals surface area (Å²) >= 11 is 0. The molecule has 0 saturated carbocycles. The molecule has 1 amide bonds. The van der Waals surface area contributed by atoms with Crippen LogP contribution in [0, 0.1) is 0 Å². The van der Waals surface area contributed by atoms with Crippen LogP contribution in [0.3, 0.4) is 0 Å². The Kier molecular flexibility index (Phi) is 6.19. The zero-order valence-electron chi connectivity index (χ0n) is 16.2. The summed E-state index contributed by atoms with van der Waals surface area (Å²) in [5.74, 6) is 0.605. The van der Waals surface area contributed by atoms with E-state index in [4.69, 9.17) is 14.6 Å². The molecule has 1 heterocycles. The zero-order chi connectivity index (χ0) is 20.1. The van der Waals surface area contributed by atoms with E-state index in [0.717, 1.165) is 42.0 Å². The first-order valence-electron chi connectivity index (χ1n) is 9.37. The Hall–Kier alpha value is -3.02. The van der Waals surface area contributed by atoms with Crippen LogP contribution in [0.1, 0.15) is 46.8 Å². The fourth-order valence-electron chi connectivity index (χ4n) is 3.69. The number of aromatic carboxylic acids is 1. The summed E-state index contributed by atoms with van der Waals surface area (Å²) in [5.41, 5.74) is 2.21. The van der Waals surface area contributed by atoms with Crippen molar-refractivity contribution in [2.75, 3.05) is 20.8 Å². The van der Waals surface area contributed by atoms with Gasteiger partial charge < -0.3 is 19.5 Å². The van der Waals surface area contributed by atoms with Gasteiger partial charge in [-0.1, -0.05) is 12.1 Å². The van der Waals surface area contributed by atoms with Crippen molar-refractivity contribution in [1.29, 1.82) is 0 Å². The fraction of sp³-hybridized carbons (Fsp3) is 0.364. The molecule has 0 bridgehead atoms. The van der Waals surface area contributed by atoms with Crippen LogP contribution in [0.4, 0.5) is 0 Å². The molecule has 0 radical (unpaired) electrons. The number of hydrogen-bond donors (Lipinski definition) is 1. The maximum Gasteiger partial charge on any atom is 0.335 e. The number of benzene rings is 2. The fourth-order valence-corrected chi connectivity index (χ4v) is 3.69. The number of likely N-dealkylation sites (tertiary alicyclic amines) is 1. The smallest absolute Gasteiger partial charge is 0.335 e. The summed E-state index contributed by atoms with van der Waals surface area (Å²) in [7, 11) is 3.24. The number of nitrogens with zero attached hydrogens (tertiary/aromatic N) is 1.